The number of ether oxygens (including phenoxy) is 3. The molecule has 0 spiro atoms. The monoisotopic (exact) mass is 931 g/mol. The molecule has 0 aromatic rings. The summed E-state index contributed by atoms with van der Waals surface area (Å²) in [5.74, 6) is 1.48. The third kappa shape index (κ3) is 35.9. The van der Waals surface area contributed by atoms with Gasteiger partial charge in [-0.05, 0) is 63.5 Å². The molecular weight excluding hydrogens is 817 g/mol. The second-order valence-corrected chi connectivity index (χ2v) is 21.6. The Morgan fingerprint density at radius 2 is 0.652 bits per heavy atom. The Balaban J connectivity index is 1.46. The van der Waals surface area contributed by atoms with Gasteiger partial charge >= 0.3 is 11.9 Å². The minimum atomic E-state index is 0.0186. The molecule has 66 heavy (non-hydrogen) atoms. The fourth-order valence-electron chi connectivity index (χ4n) is 10.9. The van der Waals surface area contributed by atoms with Crippen LogP contribution in [0, 0.1) is 11.8 Å². The van der Waals surface area contributed by atoms with Crippen LogP contribution in [0.15, 0.2) is 0 Å². The van der Waals surface area contributed by atoms with E-state index in [9.17, 15) is 9.59 Å². The minimum Gasteiger partial charge on any atom is -0.466 e. The number of unbranched alkanes of at least 4 members (excludes halogenated alkanes) is 27. The highest BCUT2D eigenvalue weighted by Gasteiger charge is 2.34. The van der Waals surface area contributed by atoms with Crippen LogP contribution >= 0.6 is 0 Å². The third-order valence-corrected chi connectivity index (χ3v) is 15.1. The van der Waals surface area contributed by atoms with Crippen LogP contribution < -0.4 is 0 Å². The smallest absolute Gasteiger partial charge is 0.305 e. The zero-order chi connectivity index (χ0) is 47.4. The van der Waals surface area contributed by atoms with E-state index in [1.54, 1.807) is 0 Å². The van der Waals surface area contributed by atoms with E-state index in [-0.39, 0.29) is 11.9 Å². The largest absolute Gasteiger partial charge is 0.466 e. The summed E-state index contributed by atoms with van der Waals surface area (Å²) in [6, 6.07) is 0. The SMILES string of the molecule is CCCCCCCCCC(CCCCCCC)CCOC(=O)CCCCCCCN1CC2CN(CCCCCCCC(=O)OCCC(CCCCCCC)CCCCCCCC)CC(C1)O2. The highest BCUT2D eigenvalue weighted by molar-refractivity contribution is 5.69. The highest BCUT2D eigenvalue weighted by Crippen LogP contribution is 2.25. The average Bonchev–Trinajstić information content (AvgIpc) is 3.30. The molecule has 390 valence electrons. The van der Waals surface area contributed by atoms with E-state index in [2.05, 4.69) is 37.5 Å². The predicted molar refractivity (Wildman–Crippen MR) is 282 cm³/mol. The summed E-state index contributed by atoms with van der Waals surface area (Å²) in [6.45, 7) is 17.0. The maximum Gasteiger partial charge on any atom is 0.305 e. The first kappa shape index (κ1) is 60.9. The number of rotatable bonds is 49. The lowest BCUT2D eigenvalue weighted by atomic mass is 9.92. The summed E-state index contributed by atoms with van der Waals surface area (Å²) in [5.41, 5.74) is 0. The van der Waals surface area contributed by atoms with Gasteiger partial charge in [0.15, 0.2) is 0 Å². The van der Waals surface area contributed by atoms with Crippen LogP contribution in [0.2, 0.25) is 0 Å². The van der Waals surface area contributed by atoms with Crippen LogP contribution in [0.1, 0.15) is 291 Å². The fourth-order valence-corrected chi connectivity index (χ4v) is 10.9. The number of hydrogen-bond acceptors (Lipinski definition) is 7. The van der Waals surface area contributed by atoms with Crippen molar-refractivity contribution in [1.29, 1.82) is 0 Å². The van der Waals surface area contributed by atoms with Gasteiger partial charge in [0, 0.05) is 39.0 Å². The average molecular weight is 932 g/mol. The lowest BCUT2D eigenvalue weighted by Gasteiger charge is -2.46. The van der Waals surface area contributed by atoms with E-state index in [1.165, 1.54) is 225 Å². The Hall–Kier alpha value is -1.18. The van der Waals surface area contributed by atoms with Crippen molar-refractivity contribution in [2.75, 3.05) is 52.5 Å². The standard InChI is InChI=1S/C59H114N2O5/c1-5-9-13-17-19-25-33-41-55(39-31-23-16-12-8-4)45-49-65-59(63)43-35-27-21-29-37-47-61-52-56-50-60(51-57(53-61)66-56)46-36-28-20-26-34-42-58(62)64-48-44-54(38-30-22-15-11-7-3)40-32-24-18-14-10-6-2/h54-57H,5-53H2,1-4H3. The molecule has 7 nitrogen and oxygen atoms in total. The highest BCUT2D eigenvalue weighted by atomic mass is 16.5. The summed E-state index contributed by atoms with van der Waals surface area (Å²) in [7, 11) is 0. The normalized spacial score (nSPS) is 17.6. The Kier molecular flexibility index (Phi) is 41.5. The van der Waals surface area contributed by atoms with Gasteiger partial charge in [-0.1, -0.05) is 240 Å². The molecule has 2 fully saturated rings. The third-order valence-electron chi connectivity index (χ3n) is 15.1. The molecular formula is C59H114N2O5. The van der Waals surface area contributed by atoms with Crippen LogP contribution in [0.5, 0.6) is 0 Å². The van der Waals surface area contributed by atoms with Gasteiger partial charge in [-0.15, -0.1) is 0 Å². The number of hydrogen-bond donors (Lipinski definition) is 0. The second-order valence-electron chi connectivity index (χ2n) is 21.6. The van der Waals surface area contributed by atoms with Crippen molar-refractivity contribution in [1.82, 2.24) is 9.80 Å². The van der Waals surface area contributed by atoms with Gasteiger partial charge in [-0.3, -0.25) is 19.4 Å². The van der Waals surface area contributed by atoms with Crippen LogP contribution in [-0.4, -0.2) is 86.4 Å². The molecule has 2 heterocycles. The molecule has 0 N–H and O–H groups in total. The fraction of sp³-hybridized carbons (Fsp3) is 0.966. The first-order valence-electron chi connectivity index (χ1n) is 29.9. The Morgan fingerprint density at radius 3 is 0.970 bits per heavy atom. The first-order valence-corrected chi connectivity index (χ1v) is 29.9. The van der Waals surface area contributed by atoms with Gasteiger partial charge in [0.25, 0.3) is 0 Å². The topological polar surface area (TPSA) is 68.3 Å². The Labute approximate surface area is 411 Å². The van der Waals surface area contributed by atoms with E-state index < -0.39 is 0 Å². The lowest BCUT2D eigenvalue weighted by molar-refractivity contribution is -0.145. The molecule has 0 aliphatic carbocycles. The van der Waals surface area contributed by atoms with Gasteiger partial charge in [0.1, 0.15) is 0 Å². The minimum absolute atomic E-state index is 0.0186. The molecule has 0 aromatic carbocycles. The molecule has 2 bridgehead atoms. The van der Waals surface area contributed by atoms with E-state index in [0.29, 0.717) is 38.3 Å². The molecule has 0 amide bonds. The molecule has 2 saturated heterocycles. The molecule has 4 unspecified atom stereocenters. The number of nitrogens with zero attached hydrogens (tertiary/aromatic N) is 2. The van der Waals surface area contributed by atoms with Crippen molar-refractivity contribution in [3.63, 3.8) is 0 Å². The van der Waals surface area contributed by atoms with E-state index >= 15 is 0 Å². The molecule has 0 aromatic heterocycles. The first-order chi connectivity index (χ1) is 32.5. The maximum absolute atomic E-state index is 12.5. The van der Waals surface area contributed by atoms with Crippen molar-refractivity contribution >= 4 is 11.9 Å². The Bertz CT molecular complexity index is 1060. The number of carbonyl (C=O) groups is 2. The molecule has 0 radical (unpaired) electrons. The molecule has 7 heteroatoms. The van der Waals surface area contributed by atoms with Crippen LogP contribution in [0.3, 0.4) is 0 Å². The number of morpholine rings is 2. The summed E-state index contributed by atoms with van der Waals surface area (Å²) in [5, 5.41) is 0. The van der Waals surface area contributed by atoms with Gasteiger partial charge in [0.05, 0.1) is 25.4 Å². The Morgan fingerprint density at radius 1 is 0.379 bits per heavy atom. The van der Waals surface area contributed by atoms with Crippen molar-refractivity contribution in [3.8, 4) is 0 Å². The predicted octanol–water partition coefficient (Wildman–Crippen LogP) is 16.8. The number of fused-ring (bicyclic) bond motifs is 2. The zero-order valence-electron chi connectivity index (χ0n) is 44.9. The molecule has 0 saturated carbocycles. The molecule has 2 aliphatic heterocycles. The van der Waals surface area contributed by atoms with Crippen LogP contribution in [-0.2, 0) is 23.8 Å². The summed E-state index contributed by atoms with van der Waals surface area (Å²) in [6.07, 6.45) is 51.9. The van der Waals surface area contributed by atoms with Gasteiger partial charge < -0.3 is 14.2 Å². The van der Waals surface area contributed by atoms with Crippen molar-refractivity contribution < 1.29 is 23.8 Å². The molecule has 2 rings (SSSR count). The van der Waals surface area contributed by atoms with Crippen molar-refractivity contribution in [3.05, 3.63) is 0 Å². The van der Waals surface area contributed by atoms with Gasteiger partial charge in [-0.25, -0.2) is 0 Å². The summed E-state index contributed by atoms with van der Waals surface area (Å²) in [4.78, 5) is 30.4. The zero-order valence-corrected chi connectivity index (χ0v) is 44.9. The van der Waals surface area contributed by atoms with Crippen LogP contribution in [0.4, 0.5) is 0 Å². The molecule has 4 atom stereocenters. The summed E-state index contributed by atoms with van der Waals surface area (Å²) < 4.78 is 17.9. The quantitative estimate of drug-likeness (QED) is 0.0445. The van der Waals surface area contributed by atoms with Crippen molar-refractivity contribution in [2.24, 2.45) is 11.8 Å². The van der Waals surface area contributed by atoms with E-state index in [4.69, 9.17) is 14.2 Å². The van der Waals surface area contributed by atoms with E-state index in [1.807, 2.05) is 0 Å². The molecule has 2 aliphatic rings. The summed E-state index contributed by atoms with van der Waals surface area (Å²) >= 11 is 0. The van der Waals surface area contributed by atoms with Gasteiger partial charge in [0.2, 0.25) is 0 Å². The number of carbonyl (C=O) groups excluding carboxylic acids is 2. The lowest BCUT2D eigenvalue weighted by Crippen LogP contribution is -2.59. The number of esters is 2. The van der Waals surface area contributed by atoms with Crippen LogP contribution in [0.25, 0.3) is 0 Å². The van der Waals surface area contributed by atoms with Gasteiger partial charge in [-0.2, -0.15) is 0 Å². The van der Waals surface area contributed by atoms with Crippen molar-refractivity contribution in [2.45, 2.75) is 303 Å². The van der Waals surface area contributed by atoms with E-state index in [0.717, 1.165) is 76.5 Å². The maximum atomic E-state index is 12.5. The second kappa shape index (κ2) is 45.0.